The zero-order valence-corrected chi connectivity index (χ0v) is 14.5. The Morgan fingerprint density at radius 3 is 2.52 bits per heavy atom. The molecule has 2 rings (SSSR count). The third kappa shape index (κ3) is 3.76. The van der Waals surface area contributed by atoms with E-state index in [-0.39, 0.29) is 5.91 Å². The van der Waals surface area contributed by atoms with Crippen LogP contribution in [-0.4, -0.2) is 23.5 Å². The molecule has 0 atom stereocenters. The maximum Gasteiger partial charge on any atom is 0.350 e. The summed E-state index contributed by atoms with van der Waals surface area (Å²) in [5, 5.41) is 3.20. The van der Waals surface area contributed by atoms with Crippen LogP contribution in [-0.2, 0) is 14.9 Å². The van der Waals surface area contributed by atoms with Crippen molar-refractivity contribution in [3.63, 3.8) is 0 Å². The van der Waals surface area contributed by atoms with Crippen molar-refractivity contribution in [3.8, 4) is 0 Å². The van der Waals surface area contributed by atoms with E-state index in [4.69, 9.17) is 4.74 Å². The second kappa shape index (κ2) is 6.91. The average Bonchev–Trinajstić information content (AvgIpc) is 2.89. The van der Waals surface area contributed by atoms with Crippen molar-refractivity contribution >= 4 is 28.3 Å². The molecule has 0 bridgehead atoms. The summed E-state index contributed by atoms with van der Waals surface area (Å²) in [5.74, 6) is -0.585. The molecule has 5 nitrogen and oxygen atoms in total. The largest absolute Gasteiger partial charge is 0.462 e. The quantitative estimate of drug-likeness (QED) is 0.850. The Hall–Kier alpha value is -2.21. The van der Waals surface area contributed by atoms with Crippen LogP contribution in [0.15, 0.2) is 30.3 Å². The number of carbonyl (C=O) groups is 2. The Morgan fingerprint density at radius 2 is 1.91 bits per heavy atom. The maximum atomic E-state index is 12.6. The van der Waals surface area contributed by atoms with Crippen molar-refractivity contribution in [2.75, 3.05) is 11.9 Å². The van der Waals surface area contributed by atoms with Crippen LogP contribution in [0.4, 0.5) is 5.13 Å². The highest BCUT2D eigenvalue weighted by Gasteiger charge is 2.30. The zero-order valence-electron chi connectivity index (χ0n) is 13.7. The number of carbonyl (C=O) groups excluding carboxylic acids is 2. The van der Waals surface area contributed by atoms with Crippen LogP contribution in [0.25, 0.3) is 0 Å². The standard InChI is InChI=1S/C17H20N2O3S/c1-5-22-14(20)13-11(2)18-16(23-13)19-15(21)17(3,4)12-9-7-6-8-10-12/h6-10H,5H2,1-4H3,(H,18,19,21). The lowest BCUT2D eigenvalue weighted by Gasteiger charge is -2.23. The van der Waals surface area contributed by atoms with Gasteiger partial charge in [-0.2, -0.15) is 0 Å². The number of ether oxygens (including phenoxy) is 1. The fourth-order valence-corrected chi connectivity index (χ4v) is 2.93. The van der Waals surface area contributed by atoms with Gasteiger partial charge in [-0.25, -0.2) is 9.78 Å². The van der Waals surface area contributed by atoms with Crippen molar-refractivity contribution in [1.29, 1.82) is 0 Å². The molecule has 1 N–H and O–H groups in total. The molecule has 0 fully saturated rings. The SMILES string of the molecule is CCOC(=O)c1sc(NC(=O)C(C)(C)c2ccccc2)nc1C. The van der Waals surface area contributed by atoms with Gasteiger partial charge in [-0.05, 0) is 33.3 Å². The second-order valence-electron chi connectivity index (χ2n) is 5.60. The highest BCUT2D eigenvalue weighted by atomic mass is 32.1. The Bertz CT molecular complexity index is 708. The topological polar surface area (TPSA) is 68.3 Å². The summed E-state index contributed by atoms with van der Waals surface area (Å²) in [7, 11) is 0. The highest BCUT2D eigenvalue weighted by Crippen LogP contribution is 2.28. The third-order valence-electron chi connectivity index (χ3n) is 3.54. The molecular weight excluding hydrogens is 312 g/mol. The first kappa shape index (κ1) is 17.1. The van der Waals surface area contributed by atoms with Gasteiger partial charge < -0.3 is 10.1 Å². The summed E-state index contributed by atoms with van der Waals surface area (Å²) in [6.07, 6.45) is 0. The van der Waals surface area contributed by atoms with Crippen molar-refractivity contribution in [2.45, 2.75) is 33.1 Å². The van der Waals surface area contributed by atoms with E-state index in [1.807, 2.05) is 44.2 Å². The van der Waals surface area contributed by atoms with E-state index < -0.39 is 11.4 Å². The van der Waals surface area contributed by atoms with E-state index in [0.717, 1.165) is 16.9 Å². The molecular formula is C17H20N2O3S. The van der Waals surface area contributed by atoms with Gasteiger partial charge in [0.05, 0.1) is 17.7 Å². The van der Waals surface area contributed by atoms with E-state index in [1.54, 1.807) is 13.8 Å². The van der Waals surface area contributed by atoms with Gasteiger partial charge in [0.25, 0.3) is 0 Å². The van der Waals surface area contributed by atoms with Gasteiger partial charge in [0.15, 0.2) is 5.13 Å². The number of amides is 1. The maximum absolute atomic E-state index is 12.6. The molecule has 0 aliphatic rings. The number of thiazole rings is 1. The smallest absolute Gasteiger partial charge is 0.350 e. The van der Waals surface area contributed by atoms with Gasteiger partial charge in [-0.1, -0.05) is 41.7 Å². The molecule has 122 valence electrons. The van der Waals surface area contributed by atoms with E-state index in [0.29, 0.717) is 22.3 Å². The van der Waals surface area contributed by atoms with Crippen molar-refractivity contribution < 1.29 is 14.3 Å². The highest BCUT2D eigenvalue weighted by molar-refractivity contribution is 7.17. The minimum absolute atomic E-state index is 0.173. The lowest BCUT2D eigenvalue weighted by Crippen LogP contribution is -2.34. The van der Waals surface area contributed by atoms with E-state index in [9.17, 15) is 9.59 Å². The first-order valence-electron chi connectivity index (χ1n) is 7.37. The van der Waals surface area contributed by atoms with Crippen LogP contribution >= 0.6 is 11.3 Å². The summed E-state index contributed by atoms with van der Waals surface area (Å²) in [6.45, 7) is 7.48. The summed E-state index contributed by atoms with van der Waals surface area (Å²) in [6, 6.07) is 9.54. The number of anilines is 1. The lowest BCUT2D eigenvalue weighted by molar-refractivity contribution is -0.120. The van der Waals surface area contributed by atoms with Crippen LogP contribution < -0.4 is 5.32 Å². The Morgan fingerprint density at radius 1 is 1.26 bits per heavy atom. The molecule has 2 aromatic rings. The molecule has 0 saturated heterocycles. The number of aryl methyl sites for hydroxylation is 1. The van der Waals surface area contributed by atoms with E-state index in [2.05, 4.69) is 10.3 Å². The van der Waals surface area contributed by atoms with Crippen LogP contribution in [0, 0.1) is 6.92 Å². The monoisotopic (exact) mass is 332 g/mol. The molecule has 1 heterocycles. The number of nitrogens with zero attached hydrogens (tertiary/aromatic N) is 1. The molecule has 23 heavy (non-hydrogen) atoms. The van der Waals surface area contributed by atoms with Gasteiger partial charge in [0.2, 0.25) is 5.91 Å². The third-order valence-corrected chi connectivity index (χ3v) is 4.59. The first-order chi connectivity index (χ1) is 10.9. The molecule has 0 spiro atoms. The van der Waals surface area contributed by atoms with Crippen molar-refractivity contribution in [3.05, 3.63) is 46.5 Å². The van der Waals surface area contributed by atoms with E-state index in [1.165, 1.54) is 0 Å². The van der Waals surface area contributed by atoms with Gasteiger partial charge in [-0.3, -0.25) is 4.79 Å². The number of hydrogen-bond acceptors (Lipinski definition) is 5. The predicted molar refractivity (Wildman–Crippen MR) is 90.9 cm³/mol. The fourth-order valence-electron chi connectivity index (χ4n) is 2.08. The van der Waals surface area contributed by atoms with Crippen molar-refractivity contribution in [2.24, 2.45) is 0 Å². The minimum Gasteiger partial charge on any atom is -0.462 e. The van der Waals surface area contributed by atoms with Gasteiger partial charge in [-0.15, -0.1) is 0 Å². The minimum atomic E-state index is -0.703. The number of esters is 1. The second-order valence-corrected chi connectivity index (χ2v) is 6.60. The Balaban J connectivity index is 2.18. The molecule has 0 radical (unpaired) electrons. The number of hydrogen-bond donors (Lipinski definition) is 1. The summed E-state index contributed by atoms with van der Waals surface area (Å²) in [5.41, 5.74) is 0.767. The molecule has 0 aliphatic carbocycles. The molecule has 6 heteroatoms. The van der Waals surface area contributed by atoms with Crippen LogP contribution in [0.2, 0.25) is 0 Å². The zero-order chi connectivity index (χ0) is 17.0. The van der Waals surface area contributed by atoms with Crippen molar-refractivity contribution in [1.82, 2.24) is 4.98 Å². The number of rotatable bonds is 5. The van der Waals surface area contributed by atoms with Crippen LogP contribution in [0.1, 0.15) is 41.7 Å². The summed E-state index contributed by atoms with van der Waals surface area (Å²) < 4.78 is 4.98. The molecule has 1 aromatic carbocycles. The van der Waals surface area contributed by atoms with Gasteiger partial charge >= 0.3 is 5.97 Å². The Labute approximate surface area is 139 Å². The predicted octanol–water partition coefficient (Wildman–Crippen LogP) is 3.54. The lowest BCUT2D eigenvalue weighted by atomic mass is 9.84. The molecule has 1 aromatic heterocycles. The van der Waals surface area contributed by atoms with E-state index >= 15 is 0 Å². The van der Waals surface area contributed by atoms with Gasteiger partial charge in [0, 0.05) is 0 Å². The molecule has 0 saturated carbocycles. The summed E-state index contributed by atoms with van der Waals surface area (Å²) in [4.78, 5) is 29.1. The number of nitrogens with one attached hydrogen (secondary N) is 1. The molecule has 0 unspecified atom stereocenters. The number of aromatic nitrogens is 1. The normalized spacial score (nSPS) is 11.1. The molecule has 1 amide bonds. The fraction of sp³-hybridized carbons (Fsp3) is 0.353. The van der Waals surface area contributed by atoms with Gasteiger partial charge in [0.1, 0.15) is 4.88 Å². The summed E-state index contributed by atoms with van der Waals surface area (Å²) >= 11 is 1.13. The van der Waals surface area contributed by atoms with Crippen LogP contribution in [0.5, 0.6) is 0 Å². The number of benzene rings is 1. The van der Waals surface area contributed by atoms with Crippen LogP contribution in [0.3, 0.4) is 0 Å². The first-order valence-corrected chi connectivity index (χ1v) is 8.19. The average molecular weight is 332 g/mol. The Kier molecular flexibility index (Phi) is 5.15. The molecule has 0 aliphatic heterocycles.